The molecule has 0 bridgehead atoms. The molecule has 2 heterocycles. The van der Waals surface area contributed by atoms with Crippen molar-refractivity contribution in [2.75, 3.05) is 11.1 Å². The first-order valence-corrected chi connectivity index (χ1v) is 6.00. The minimum atomic E-state index is -0.498. The summed E-state index contributed by atoms with van der Waals surface area (Å²) in [7, 11) is 0. The molecule has 2 aromatic rings. The molecule has 0 aliphatic rings. The van der Waals surface area contributed by atoms with Gasteiger partial charge in [-0.15, -0.1) is 11.3 Å². The van der Waals surface area contributed by atoms with E-state index in [0.717, 1.165) is 10.7 Å². The van der Waals surface area contributed by atoms with Gasteiger partial charge in [0.1, 0.15) is 10.8 Å². The third-order valence-corrected chi connectivity index (χ3v) is 3.13. The van der Waals surface area contributed by atoms with Gasteiger partial charge in [0.25, 0.3) is 0 Å². The number of nitro groups is 1. The fraction of sp³-hybridized carbons (Fsp3) is 0.200. The van der Waals surface area contributed by atoms with Crippen LogP contribution in [-0.4, -0.2) is 14.9 Å². The van der Waals surface area contributed by atoms with Gasteiger partial charge >= 0.3 is 5.69 Å². The van der Waals surface area contributed by atoms with Crippen LogP contribution in [0.4, 0.5) is 17.3 Å². The Morgan fingerprint density at radius 2 is 2.28 bits per heavy atom. The zero-order chi connectivity index (χ0) is 13.1. The molecule has 0 saturated carbocycles. The number of hydrogen-bond acceptors (Lipinski definition) is 7. The van der Waals surface area contributed by atoms with Crippen LogP contribution in [0.15, 0.2) is 17.5 Å². The van der Waals surface area contributed by atoms with Gasteiger partial charge in [-0.25, -0.2) is 9.97 Å². The van der Waals surface area contributed by atoms with Crippen LogP contribution in [0.1, 0.15) is 10.7 Å². The maximum atomic E-state index is 10.8. The van der Waals surface area contributed by atoms with Crippen LogP contribution in [-0.2, 0) is 6.54 Å². The average molecular weight is 265 g/mol. The number of pyridine rings is 1. The summed E-state index contributed by atoms with van der Waals surface area (Å²) in [5.74, 6) is 0.395. The maximum absolute atomic E-state index is 10.8. The van der Waals surface area contributed by atoms with Gasteiger partial charge in [-0.1, -0.05) is 0 Å². The van der Waals surface area contributed by atoms with Crippen molar-refractivity contribution >= 4 is 28.7 Å². The molecule has 0 saturated heterocycles. The molecule has 2 rings (SSSR count). The van der Waals surface area contributed by atoms with Gasteiger partial charge in [-0.3, -0.25) is 10.1 Å². The first-order valence-electron chi connectivity index (χ1n) is 5.12. The monoisotopic (exact) mass is 265 g/mol. The molecule has 0 unspecified atom stereocenters. The lowest BCUT2D eigenvalue weighted by Gasteiger charge is -2.04. The molecule has 0 aliphatic carbocycles. The number of rotatable bonds is 4. The largest absolute Gasteiger partial charge is 0.384 e. The van der Waals surface area contributed by atoms with E-state index in [0.29, 0.717) is 6.54 Å². The second-order valence-corrected chi connectivity index (χ2v) is 4.54. The third-order valence-electron chi connectivity index (χ3n) is 2.17. The minimum absolute atomic E-state index is 0.0996. The Morgan fingerprint density at radius 1 is 1.50 bits per heavy atom. The van der Waals surface area contributed by atoms with Gasteiger partial charge in [0, 0.05) is 17.1 Å². The van der Waals surface area contributed by atoms with Gasteiger partial charge in [0.15, 0.2) is 0 Å². The Kier molecular flexibility index (Phi) is 3.38. The molecule has 18 heavy (non-hydrogen) atoms. The van der Waals surface area contributed by atoms with E-state index >= 15 is 0 Å². The number of nitrogens with one attached hydrogen (secondary N) is 1. The minimum Gasteiger partial charge on any atom is -0.384 e. The fourth-order valence-corrected chi connectivity index (χ4v) is 2.10. The SMILES string of the molecule is Cc1csc(CNc2nc(N)ccc2[N+](=O)[O-])n1. The summed E-state index contributed by atoms with van der Waals surface area (Å²) in [5.41, 5.74) is 6.34. The molecular formula is C10H11N5O2S. The highest BCUT2D eigenvalue weighted by atomic mass is 32.1. The van der Waals surface area contributed by atoms with Crippen LogP contribution in [0.5, 0.6) is 0 Å². The predicted octanol–water partition coefficient (Wildman–Crippen LogP) is 1.95. The topological polar surface area (TPSA) is 107 Å². The number of aromatic nitrogens is 2. The van der Waals surface area contributed by atoms with Crippen LogP contribution < -0.4 is 11.1 Å². The van der Waals surface area contributed by atoms with Crippen molar-refractivity contribution in [1.29, 1.82) is 0 Å². The molecule has 0 amide bonds. The van der Waals surface area contributed by atoms with Gasteiger partial charge in [0.2, 0.25) is 5.82 Å². The second-order valence-electron chi connectivity index (χ2n) is 3.60. The van der Waals surface area contributed by atoms with Crippen LogP contribution in [0.25, 0.3) is 0 Å². The van der Waals surface area contributed by atoms with Crippen molar-refractivity contribution in [1.82, 2.24) is 9.97 Å². The van der Waals surface area contributed by atoms with E-state index < -0.39 is 4.92 Å². The van der Waals surface area contributed by atoms with Crippen LogP contribution in [0, 0.1) is 17.0 Å². The van der Waals surface area contributed by atoms with Gasteiger partial charge in [0.05, 0.1) is 11.5 Å². The summed E-state index contributed by atoms with van der Waals surface area (Å²) in [5, 5.41) is 16.5. The van der Waals surface area contributed by atoms with Crippen molar-refractivity contribution in [2.45, 2.75) is 13.5 Å². The molecule has 94 valence electrons. The van der Waals surface area contributed by atoms with Crippen molar-refractivity contribution in [3.63, 3.8) is 0 Å². The second kappa shape index (κ2) is 4.96. The lowest BCUT2D eigenvalue weighted by atomic mass is 10.3. The Labute approximate surface area is 107 Å². The molecule has 0 spiro atoms. The van der Waals surface area contributed by atoms with Crippen molar-refractivity contribution < 1.29 is 4.92 Å². The Morgan fingerprint density at radius 3 is 2.89 bits per heavy atom. The first kappa shape index (κ1) is 12.2. The molecule has 0 aromatic carbocycles. The van der Waals surface area contributed by atoms with E-state index in [1.54, 1.807) is 0 Å². The molecule has 7 nitrogen and oxygen atoms in total. The highest BCUT2D eigenvalue weighted by Gasteiger charge is 2.15. The highest BCUT2D eigenvalue weighted by molar-refractivity contribution is 7.09. The van der Waals surface area contributed by atoms with Crippen molar-refractivity contribution in [3.8, 4) is 0 Å². The smallest absolute Gasteiger partial charge is 0.311 e. The van der Waals surface area contributed by atoms with Crippen LogP contribution in [0.2, 0.25) is 0 Å². The lowest BCUT2D eigenvalue weighted by Crippen LogP contribution is -2.06. The normalized spacial score (nSPS) is 10.3. The Bertz CT molecular complexity index is 583. The van der Waals surface area contributed by atoms with E-state index in [1.165, 1.54) is 23.5 Å². The standard InChI is InChI=1S/C10H11N5O2S/c1-6-5-18-9(13-6)4-12-10-7(15(16)17)2-3-8(11)14-10/h2-3,5H,4H2,1H3,(H3,11,12,14). The van der Waals surface area contributed by atoms with E-state index in [4.69, 9.17) is 5.73 Å². The van der Waals surface area contributed by atoms with E-state index in [-0.39, 0.29) is 17.3 Å². The number of thiazole rings is 1. The summed E-state index contributed by atoms with van der Waals surface area (Å²) in [6.07, 6.45) is 0. The lowest BCUT2D eigenvalue weighted by molar-refractivity contribution is -0.384. The quantitative estimate of drug-likeness (QED) is 0.646. The number of hydrogen-bond donors (Lipinski definition) is 2. The fourth-order valence-electron chi connectivity index (χ4n) is 1.39. The summed E-state index contributed by atoms with van der Waals surface area (Å²) >= 11 is 1.48. The molecule has 8 heteroatoms. The number of nitrogens with two attached hydrogens (primary N) is 1. The zero-order valence-corrected chi connectivity index (χ0v) is 10.4. The highest BCUT2D eigenvalue weighted by Crippen LogP contribution is 2.23. The molecule has 2 aromatic heterocycles. The van der Waals surface area contributed by atoms with Crippen LogP contribution in [0.3, 0.4) is 0 Å². The third kappa shape index (κ3) is 2.72. The molecule has 0 fully saturated rings. The Hall–Kier alpha value is -2.22. The van der Waals surface area contributed by atoms with E-state index in [9.17, 15) is 10.1 Å². The van der Waals surface area contributed by atoms with Crippen molar-refractivity contribution in [3.05, 3.63) is 38.3 Å². The van der Waals surface area contributed by atoms with E-state index in [1.807, 2.05) is 12.3 Å². The van der Waals surface area contributed by atoms with E-state index in [2.05, 4.69) is 15.3 Å². The zero-order valence-electron chi connectivity index (χ0n) is 9.58. The molecule has 3 N–H and O–H groups in total. The predicted molar refractivity (Wildman–Crippen MR) is 69.5 cm³/mol. The van der Waals surface area contributed by atoms with Gasteiger partial charge < -0.3 is 11.1 Å². The van der Waals surface area contributed by atoms with Gasteiger partial charge in [-0.2, -0.15) is 0 Å². The van der Waals surface area contributed by atoms with Gasteiger partial charge in [-0.05, 0) is 13.0 Å². The number of anilines is 2. The van der Waals surface area contributed by atoms with Crippen LogP contribution >= 0.6 is 11.3 Å². The summed E-state index contributed by atoms with van der Waals surface area (Å²) in [4.78, 5) is 18.5. The van der Waals surface area contributed by atoms with Crippen molar-refractivity contribution in [2.24, 2.45) is 0 Å². The molecule has 0 atom stereocenters. The molecule has 0 aliphatic heterocycles. The summed E-state index contributed by atoms with van der Waals surface area (Å²) in [6, 6.07) is 2.73. The number of nitrogens with zero attached hydrogens (tertiary/aromatic N) is 3. The maximum Gasteiger partial charge on any atom is 0.311 e. The Balaban J connectivity index is 2.17. The molecular weight excluding hydrogens is 254 g/mol. The number of aryl methyl sites for hydroxylation is 1. The summed E-state index contributed by atoms with van der Waals surface area (Å²) in [6.45, 7) is 2.27. The average Bonchev–Trinajstić information content (AvgIpc) is 2.72. The number of nitrogen functional groups attached to an aromatic ring is 1. The molecule has 0 radical (unpaired) electrons. The summed E-state index contributed by atoms with van der Waals surface area (Å²) < 4.78 is 0. The first-order chi connectivity index (χ1) is 8.56.